The summed E-state index contributed by atoms with van der Waals surface area (Å²) in [7, 11) is 0. The molecule has 8 heteroatoms. The van der Waals surface area contributed by atoms with Crippen LogP contribution >= 0.6 is 23.2 Å². The number of Topliss-reactive ketones (excluding diaryl/α,β-unsaturated/α-hetero) is 1. The van der Waals surface area contributed by atoms with Crippen molar-refractivity contribution in [1.29, 1.82) is 0 Å². The summed E-state index contributed by atoms with van der Waals surface area (Å²) in [6, 6.07) is 18.8. The Hall–Kier alpha value is -3.35. The molecule has 0 aliphatic heterocycles. The van der Waals surface area contributed by atoms with Crippen LogP contribution in [0.4, 0.5) is 16.2 Å². The quantitative estimate of drug-likeness (QED) is 0.320. The molecule has 4 rings (SSSR count). The number of benzene rings is 3. The fourth-order valence-electron chi connectivity index (χ4n) is 4.15. The molecule has 1 aliphatic rings. The Kier molecular flexibility index (Phi) is 6.64. The zero-order chi connectivity index (χ0) is 24.5. The molecule has 6 nitrogen and oxygen atoms in total. The third-order valence-corrected chi connectivity index (χ3v) is 7.08. The smallest absolute Gasteiger partial charge is 0.323 e. The van der Waals surface area contributed by atoms with Crippen LogP contribution in [0.1, 0.15) is 30.1 Å². The van der Waals surface area contributed by atoms with E-state index in [4.69, 9.17) is 23.2 Å². The minimum atomic E-state index is -0.918. The maximum absolute atomic E-state index is 12.9. The predicted molar refractivity (Wildman–Crippen MR) is 134 cm³/mol. The van der Waals surface area contributed by atoms with Crippen LogP contribution < -0.4 is 10.6 Å². The lowest BCUT2D eigenvalue weighted by atomic mass is 9.58. The van der Waals surface area contributed by atoms with Crippen molar-refractivity contribution >= 4 is 52.4 Å². The van der Waals surface area contributed by atoms with Crippen LogP contribution in [0.5, 0.6) is 0 Å². The first-order valence-electron chi connectivity index (χ1n) is 10.7. The van der Waals surface area contributed by atoms with E-state index < -0.39 is 23.3 Å². The molecule has 174 valence electrons. The Balaban J connectivity index is 1.40. The second kappa shape index (κ2) is 9.49. The number of ketones is 1. The number of carbonyl (C=O) groups excluding carboxylic acids is 2. The van der Waals surface area contributed by atoms with Gasteiger partial charge < -0.3 is 15.7 Å². The number of urea groups is 1. The lowest BCUT2D eigenvalue weighted by molar-refractivity contribution is -0.150. The second-order valence-electron chi connectivity index (χ2n) is 8.54. The fraction of sp³-hybridized carbons (Fsp3) is 0.192. The van der Waals surface area contributed by atoms with Gasteiger partial charge in [-0.1, -0.05) is 66.5 Å². The summed E-state index contributed by atoms with van der Waals surface area (Å²) in [5, 5.41) is 15.5. The van der Waals surface area contributed by atoms with Crippen molar-refractivity contribution in [3.63, 3.8) is 0 Å². The molecule has 0 saturated heterocycles. The van der Waals surface area contributed by atoms with Gasteiger partial charge in [0.05, 0.1) is 16.0 Å². The number of carboxylic acids is 1. The number of aliphatic carboxylic acids is 1. The first-order chi connectivity index (χ1) is 16.2. The van der Waals surface area contributed by atoms with Crippen LogP contribution in [0.15, 0.2) is 66.7 Å². The Labute approximate surface area is 206 Å². The van der Waals surface area contributed by atoms with Gasteiger partial charge >= 0.3 is 12.0 Å². The number of hydrogen-bond donors (Lipinski definition) is 3. The third-order valence-electron chi connectivity index (χ3n) is 6.34. The third kappa shape index (κ3) is 4.79. The molecule has 1 unspecified atom stereocenters. The van der Waals surface area contributed by atoms with E-state index in [1.807, 2.05) is 24.3 Å². The van der Waals surface area contributed by atoms with Crippen LogP contribution in [0.3, 0.4) is 0 Å². The molecule has 0 radical (unpaired) electrons. The van der Waals surface area contributed by atoms with Crippen molar-refractivity contribution in [3.8, 4) is 11.1 Å². The van der Waals surface area contributed by atoms with Gasteiger partial charge in [-0.3, -0.25) is 9.59 Å². The Morgan fingerprint density at radius 1 is 0.853 bits per heavy atom. The van der Waals surface area contributed by atoms with Gasteiger partial charge in [0.1, 0.15) is 0 Å². The summed E-state index contributed by atoms with van der Waals surface area (Å²) in [6.45, 7) is 1.73. The van der Waals surface area contributed by atoms with Gasteiger partial charge in [-0.2, -0.15) is 0 Å². The van der Waals surface area contributed by atoms with Crippen LogP contribution in [-0.2, 0) is 4.79 Å². The highest BCUT2D eigenvalue weighted by molar-refractivity contribution is 6.42. The predicted octanol–water partition coefficient (Wildman–Crippen LogP) is 6.99. The maximum atomic E-state index is 12.9. The summed E-state index contributed by atoms with van der Waals surface area (Å²) >= 11 is 11.8. The van der Waals surface area contributed by atoms with Gasteiger partial charge in [0.25, 0.3) is 0 Å². The molecule has 3 aromatic rings. The SMILES string of the molecule is CC1(C(=O)c2ccc(-c3ccc(NC(=O)Nc4ccc(Cl)c(Cl)c4)cc3)cc2)CC[C@H]1C(=O)O. The lowest BCUT2D eigenvalue weighted by Gasteiger charge is -2.43. The minimum Gasteiger partial charge on any atom is -0.481 e. The standard InChI is InChI=1S/C26H22Cl2N2O4/c1-26(13-12-20(26)24(32)33)23(31)17-4-2-15(3-5-17)16-6-8-18(9-7-16)29-25(34)30-19-10-11-21(27)22(28)14-19/h2-11,14,20H,12-13H2,1H3,(H,32,33)(H2,29,30,34)/t20-,26?/m0/s1. The van der Waals surface area contributed by atoms with E-state index in [9.17, 15) is 19.5 Å². The molecule has 0 spiro atoms. The first kappa shape index (κ1) is 23.8. The number of nitrogens with one attached hydrogen (secondary N) is 2. The minimum absolute atomic E-state index is 0.134. The van der Waals surface area contributed by atoms with Crippen molar-refractivity contribution in [2.45, 2.75) is 19.8 Å². The number of halogens is 2. The van der Waals surface area contributed by atoms with Crippen molar-refractivity contribution in [2.24, 2.45) is 11.3 Å². The van der Waals surface area contributed by atoms with Gasteiger partial charge in [-0.25, -0.2) is 4.79 Å². The van der Waals surface area contributed by atoms with Gasteiger partial charge in [0.15, 0.2) is 5.78 Å². The summed E-state index contributed by atoms with van der Waals surface area (Å²) in [5.41, 5.74) is 2.59. The number of carbonyl (C=O) groups is 3. The molecule has 1 fully saturated rings. The number of carboxylic acid groups (broad SMARTS) is 1. The summed E-state index contributed by atoms with van der Waals surface area (Å²) in [4.78, 5) is 36.5. The lowest BCUT2D eigenvalue weighted by Crippen LogP contribution is -2.48. The van der Waals surface area contributed by atoms with Crippen molar-refractivity contribution < 1.29 is 19.5 Å². The number of rotatable bonds is 6. The normalized spacial score (nSPS) is 19.1. The largest absolute Gasteiger partial charge is 0.481 e. The van der Waals surface area contributed by atoms with Crippen molar-refractivity contribution in [2.75, 3.05) is 10.6 Å². The number of hydrogen-bond acceptors (Lipinski definition) is 3. The molecule has 2 atom stereocenters. The molecule has 0 heterocycles. The molecule has 1 aliphatic carbocycles. The van der Waals surface area contributed by atoms with Crippen LogP contribution in [0.25, 0.3) is 11.1 Å². The number of amides is 2. The molecule has 1 saturated carbocycles. The molecule has 3 aromatic carbocycles. The van der Waals surface area contributed by atoms with E-state index in [-0.39, 0.29) is 5.78 Å². The van der Waals surface area contributed by atoms with Crippen LogP contribution in [0, 0.1) is 11.3 Å². The molecule has 0 bridgehead atoms. The monoisotopic (exact) mass is 496 g/mol. The van der Waals surface area contributed by atoms with E-state index in [2.05, 4.69) is 10.6 Å². The second-order valence-corrected chi connectivity index (χ2v) is 9.35. The van der Waals surface area contributed by atoms with Gasteiger partial charge in [-0.05, 0) is 54.3 Å². The maximum Gasteiger partial charge on any atom is 0.323 e. The Morgan fingerprint density at radius 3 is 1.94 bits per heavy atom. The van der Waals surface area contributed by atoms with Gasteiger partial charge in [0, 0.05) is 22.4 Å². The molecule has 3 N–H and O–H groups in total. The Morgan fingerprint density at radius 2 is 1.41 bits per heavy atom. The van der Waals surface area contributed by atoms with E-state index >= 15 is 0 Å². The van der Waals surface area contributed by atoms with Gasteiger partial charge in [0.2, 0.25) is 0 Å². The van der Waals surface area contributed by atoms with Crippen LogP contribution in [-0.4, -0.2) is 22.9 Å². The molecule has 34 heavy (non-hydrogen) atoms. The van der Waals surface area contributed by atoms with Crippen molar-refractivity contribution in [1.82, 2.24) is 0 Å². The number of anilines is 2. The van der Waals surface area contributed by atoms with Crippen molar-refractivity contribution in [3.05, 3.63) is 82.3 Å². The molecule has 2 amide bonds. The zero-order valence-corrected chi connectivity index (χ0v) is 19.8. The van der Waals surface area contributed by atoms with E-state index in [1.54, 1.807) is 49.4 Å². The Bertz CT molecular complexity index is 1260. The summed E-state index contributed by atoms with van der Waals surface area (Å²) < 4.78 is 0. The van der Waals surface area contributed by atoms with E-state index in [0.717, 1.165) is 11.1 Å². The van der Waals surface area contributed by atoms with E-state index in [1.165, 1.54) is 0 Å². The highest BCUT2D eigenvalue weighted by Gasteiger charge is 2.52. The summed E-state index contributed by atoms with van der Waals surface area (Å²) in [5.74, 6) is -1.68. The average molecular weight is 497 g/mol. The topological polar surface area (TPSA) is 95.5 Å². The first-order valence-corrected chi connectivity index (χ1v) is 11.4. The molecule has 0 aromatic heterocycles. The molecular formula is C26H22Cl2N2O4. The highest BCUT2D eigenvalue weighted by atomic mass is 35.5. The van der Waals surface area contributed by atoms with E-state index in [0.29, 0.717) is 39.8 Å². The highest BCUT2D eigenvalue weighted by Crippen LogP contribution is 2.48. The van der Waals surface area contributed by atoms with Crippen LogP contribution in [0.2, 0.25) is 10.0 Å². The summed E-state index contributed by atoms with van der Waals surface area (Å²) in [6.07, 6.45) is 1.11. The molecular weight excluding hydrogens is 475 g/mol. The fourth-order valence-corrected chi connectivity index (χ4v) is 4.44. The zero-order valence-electron chi connectivity index (χ0n) is 18.3. The average Bonchev–Trinajstić information content (AvgIpc) is 2.80. The van der Waals surface area contributed by atoms with Gasteiger partial charge in [-0.15, -0.1) is 0 Å².